The maximum Gasteiger partial charge on any atom is 0.115 e. The van der Waals surface area contributed by atoms with Gasteiger partial charge in [0, 0.05) is 23.4 Å². The van der Waals surface area contributed by atoms with Crippen molar-refractivity contribution in [1.29, 1.82) is 0 Å². The molecule has 0 spiro atoms. The second kappa shape index (κ2) is 5.64. The van der Waals surface area contributed by atoms with Gasteiger partial charge in [0.05, 0.1) is 0 Å². The van der Waals surface area contributed by atoms with Gasteiger partial charge in [-0.05, 0) is 35.9 Å². The van der Waals surface area contributed by atoms with E-state index in [9.17, 15) is 5.11 Å². The first kappa shape index (κ1) is 11.9. The average Bonchev–Trinajstić information content (AvgIpc) is 2.38. The first-order chi connectivity index (χ1) is 8.28. The number of anilines is 1. The van der Waals surface area contributed by atoms with Crippen molar-refractivity contribution in [2.45, 2.75) is 10.6 Å². The molecule has 0 bridgehead atoms. The summed E-state index contributed by atoms with van der Waals surface area (Å²) in [4.78, 5) is 1.24. The van der Waals surface area contributed by atoms with E-state index in [-0.39, 0.29) is 0 Å². The Morgan fingerprint density at radius 2 is 1.88 bits per heavy atom. The van der Waals surface area contributed by atoms with Crippen LogP contribution in [0.1, 0.15) is 5.56 Å². The predicted octanol–water partition coefficient (Wildman–Crippen LogP) is 3.73. The molecule has 0 fully saturated rings. The lowest BCUT2D eigenvalue weighted by Gasteiger charge is -2.05. The van der Waals surface area contributed by atoms with E-state index in [0.717, 1.165) is 11.4 Å². The summed E-state index contributed by atoms with van der Waals surface area (Å²) in [6.07, 6.45) is 0. The van der Waals surface area contributed by atoms with Crippen molar-refractivity contribution in [2.75, 3.05) is 12.4 Å². The Balaban J connectivity index is 1.99. The number of thioether (sulfide) groups is 1. The minimum atomic E-state index is 0.316. The summed E-state index contributed by atoms with van der Waals surface area (Å²) >= 11 is 1.79. The molecule has 2 N–H and O–H groups in total. The van der Waals surface area contributed by atoms with Crippen LogP contribution in [0.25, 0.3) is 0 Å². The number of phenolic OH excluding ortho intramolecular Hbond substituents is 1. The van der Waals surface area contributed by atoms with Gasteiger partial charge in [-0.15, -0.1) is 11.8 Å². The number of rotatable bonds is 4. The van der Waals surface area contributed by atoms with Crippen LogP contribution in [0.5, 0.6) is 5.75 Å². The number of hydrogen-bond acceptors (Lipinski definition) is 3. The molecule has 17 heavy (non-hydrogen) atoms. The van der Waals surface area contributed by atoms with E-state index in [2.05, 4.69) is 17.4 Å². The highest BCUT2D eigenvalue weighted by atomic mass is 32.2. The van der Waals surface area contributed by atoms with Crippen LogP contribution in [0.15, 0.2) is 53.4 Å². The molecule has 2 aromatic rings. The standard InChI is InChI=1S/C14H15NOS/c1-15-12-3-2-4-14(9-12)17-10-11-5-7-13(16)8-6-11/h2-9,15-16H,10H2,1H3. The smallest absolute Gasteiger partial charge is 0.115 e. The van der Waals surface area contributed by atoms with Crippen LogP contribution in [0.3, 0.4) is 0 Å². The van der Waals surface area contributed by atoms with Crippen molar-refractivity contribution in [3.63, 3.8) is 0 Å². The summed E-state index contributed by atoms with van der Waals surface area (Å²) in [6.45, 7) is 0. The van der Waals surface area contributed by atoms with Crippen LogP contribution in [-0.4, -0.2) is 12.2 Å². The highest BCUT2D eigenvalue weighted by Crippen LogP contribution is 2.25. The van der Waals surface area contributed by atoms with E-state index in [1.807, 2.05) is 31.3 Å². The predicted molar refractivity (Wildman–Crippen MR) is 73.7 cm³/mol. The Bertz CT molecular complexity index is 482. The second-order valence-electron chi connectivity index (χ2n) is 3.73. The topological polar surface area (TPSA) is 32.3 Å². The van der Waals surface area contributed by atoms with E-state index in [4.69, 9.17) is 0 Å². The SMILES string of the molecule is CNc1cccc(SCc2ccc(O)cc2)c1. The van der Waals surface area contributed by atoms with Crippen LogP contribution in [0.4, 0.5) is 5.69 Å². The quantitative estimate of drug-likeness (QED) is 0.805. The minimum absolute atomic E-state index is 0.316. The largest absolute Gasteiger partial charge is 0.508 e. The zero-order chi connectivity index (χ0) is 12.1. The van der Waals surface area contributed by atoms with E-state index in [1.54, 1.807) is 23.9 Å². The van der Waals surface area contributed by atoms with Crippen molar-refractivity contribution in [1.82, 2.24) is 0 Å². The molecule has 0 amide bonds. The molecule has 0 radical (unpaired) electrons. The van der Waals surface area contributed by atoms with Crippen molar-refractivity contribution < 1.29 is 5.11 Å². The summed E-state index contributed by atoms with van der Waals surface area (Å²) < 4.78 is 0. The molecular formula is C14H15NOS. The van der Waals surface area contributed by atoms with Crippen molar-refractivity contribution in [3.8, 4) is 5.75 Å². The third-order valence-electron chi connectivity index (χ3n) is 2.46. The Kier molecular flexibility index (Phi) is 3.94. The summed E-state index contributed by atoms with van der Waals surface area (Å²) in [5.41, 5.74) is 2.34. The van der Waals surface area contributed by atoms with Gasteiger partial charge in [-0.2, -0.15) is 0 Å². The fourth-order valence-electron chi connectivity index (χ4n) is 1.50. The molecule has 3 heteroatoms. The molecule has 0 aliphatic heterocycles. The molecule has 2 rings (SSSR count). The third kappa shape index (κ3) is 3.43. The number of hydrogen-bond donors (Lipinski definition) is 2. The summed E-state index contributed by atoms with van der Waals surface area (Å²) in [5.74, 6) is 1.23. The van der Waals surface area contributed by atoms with Crippen LogP contribution in [-0.2, 0) is 5.75 Å². The Morgan fingerprint density at radius 3 is 2.59 bits per heavy atom. The molecule has 2 aromatic carbocycles. The summed E-state index contributed by atoms with van der Waals surface area (Å²) in [5, 5.41) is 12.3. The lowest BCUT2D eigenvalue weighted by molar-refractivity contribution is 0.475. The number of benzene rings is 2. The van der Waals surface area contributed by atoms with Crippen LogP contribution in [0.2, 0.25) is 0 Å². The highest BCUT2D eigenvalue weighted by Gasteiger charge is 1.98. The average molecular weight is 245 g/mol. The maximum atomic E-state index is 9.20. The number of nitrogens with one attached hydrogen (secondary N) is 1. The fraction of sp³-hybridized carbons (Fsp3) is 0.143. The zero-order valence-corrected chi connectivity index (χ0v) is 10.5. The Labute approximate surface area is 106 Å². The molecule has 0 saturated heterocycles. The van der Waals surface area contributed by atoms with E-state index in [1.165, 1.54) is 10.5 Å². The van der Waals surface area contributed by atoms with Gasteiger partial charge in [0.25, 0.3) is 0 Å². The summed E-state index contributed by atoms with van der Waals surface area (Å²) in [7, 11) is 1.92. The second-order valence-corrected chi connectivity index (χ2v) is 4.78. The van der Waals surface area contributed by atoms with Crippen molar-refractivity contribution in [3.05, 3.63) is 54.1 Å². The molecule has 88 valence electrons. The molecule has 0 heterocycles. The van der Waals surface area contributed by atoms with Crippen LogP contribution >= 0.6 is 11.8 Å². The molecule has 0 aliphatic carbocycles. The van der Waals surface area contributed by atoms with Crippen molar-refractivity contribution in [2.24, 2.45) is 0 Å². The van der Waals surface area contributed by atoms with Gasteiger partial charge < -0.3 is 10.4 Å². The Hall–Kier alpha value is -1.61. The molecular weight excluding hydrogens is 230 g/mol. The molecule has 2 nitrogen and oxygen atoms in total. The zero-order valence-electron chi connectivity index (χ0n) is 9.68. The van der Waals surface area contributed by atoms with Gasteiger partial charge in [-0.1, -0.05) is 18.2 Å². The number of phenols is 1. The van der Waals surface area contributed by atoms with Crippen LogP contribution < -0.4 is 5.32 Å². The lowest BCUT2D eigenvalue weighted by atomic mass is 10.2. The molecule has 0 aromatic heterocycles. The first-order valence-corrected chi connectivity index (χ1v) is 6.45. The van der Waals surface area contributed by atoms with E-state index in [0.29, 0.717) is 5.75 Å². The van der Waals surface area contributed by atoms with E-state index < -0.39 is 0 Å². The fourth-order valence-corrected chi connectivity index (χ4v) is 2.41. The summed E-state index contributed by atoms with van der Waals surface area (Å²) in [6, 6.07) is 15.7. The van der Waals surface area contributed by atoms with Gasteiger partial charge in [-0.3, -0.25) is 0 Å². The monoisotopic (exact) mass is 245 g/mol. The van der Waals surface area contributed by atoms with Gasteiger partial charge in [0.2, 0.25) is 0 Å². The van der Waals surface area contributed by atoms with Gasteiger partial charge in [-0.25, -0.2) is 0 Å². The number of aromatic hydroxyl groups is 1. The van der Waals surface area contributed by atoms with Gasteiger partial charge >= 0.3 is 0 Å². The highest BCUT2D eigenvalue weighted by molar-refractivity contribution is 7.98. The minimum Gasteiger partial charge on any atom is -0.508 e. The van der Waals surface area contributed by atoms with E-state index >= 15 is 0 Å². The molecule has 0 saturated carbocycles. The van der Waals surface area contributed by atoms with Gasteiger partial charge in [0.15, 0.2) is 0 Å². The van der Waals surface area contributed by atoms with Gasteiger partial charge in [0.1, 0.15) is 5.75 Å². The third-order valence-corrected chi connectivity index (χ3v) is 3.53. The molecule has 0 aliphatic rings. The normalized spacial score (nSPS) is 10.2. The maximum absolute atomic E-state index is 9.20. The molecule has 0 atom stereocenters. The lowest BCUT2D eigenvalue weighted by Crippen LogP contribution is -1.87. The van der Waals surface area contributed by atoms with Crippen molar-refractivity contribution >= 4 is 17.4 Å². The molecule has 0 unspecified atom stereocenters. The Morgan fingerprint density at radius 1 is 1.12 bits per heavy atom. The van der Waals surface area contributed by atoms with Crippen LogP contribution in [0, 0.1) is 0 Å². The first-order valence-electron chi connectivity index (χ1n) is 5.46.